The summed E-state index contributed by atoms with van der Waals surface area (Å²) in [5, 5.41) is 3.10. The number of urea groups is 1. The van der Waals surface area contributed by atoms with Crippen LogP contribution in [0.3, 0.4) is 0 Å². The van der Waals surface area contributed by atoms with E-state index in [1.54, 1.807) is 37.2 Å². The molecular formula is C17H23ClN4O3. The van der Waals surface area contributed by atoms with E-state index in [0.717, 1.165) is 19.3 Å². The molecule has 0 spiro atoms. The first-order chi connectivity index (χ1) is 11.8. The molecule has 1 atom stereocenters. The molecular weight excluding hydrogens is 344 g/mol. The Morgan fingerprint density at radius 1 is 1.32 bits per heavy atom. The van der Waals surface area contributed by atoms with Gasteiger partial charge < -0.3 is 20.9 Å². The summed E-state index contributed by atoms with van der Waals surface area (Å²) >= 11 is 6.08. The summed E-state index contributed by atoms with van der Waals surface area (Å²) in [6.45, 7) is 0.570. The Hall–Kier alpha value is -2.28. The maximum atomic E-state index is 12.6. The van der Waals surface area contributed by atoms with Crippen molar-refractivity contribution < 1.29 is 14.4 Å². The molecule has 3 N–H and O–H groups in total. The van der Waals surface area contributed by atoms with Gasteiger partial charge in [-0.25, -0.2) is 4.79 Å². The number of likely N-dealkylation sites (tertiary alicyclic amines) is 1. The number of nitrogens with two attached hydrogens (primary N) is 1. The van der Waals surface area contributed by atoms with Gasteiger partial charge in [-0.05, 0) is 37.5 Å². The molecule has 25 heavy (non-hydrogen) atoms. The van der Waals surface area contributed by atoms with Gasteiger partial charge in [0.25, 0.3) is 5.91 Å². The highest BCUT2D eigenvalue weighted by molar-refractivity contribution is 6.34. The molecule has 1 aliphatic heterocycles. The average Bonchev–Trinajstić information content (AvgIpc) is 2.55. The van der Waals surface area contributed by atoms with E-state index < -0.39 is 5.91 Å². The molecule has 136 valence electrons. The van der Waals surface area contributed by atoms with Crippen molar-refractivity contribution in [3.05, 3.63) is 28.8 Å². The lowest BCUT2D eigenvalue weighted by Crippen LogP contribution is -2.47. The molecule has 0 radical (unpaired) electrons. The minimum absolute atomic E-state index is 0.151. The van der Waals surface area contributed by atoms with E-state index in [9.17, 15) is 14.4 Å². The number of benzene rings is 1. The average molecular weight is 367 g/mol. The van der Waals surface area contributed by atoms with Crippen LogP contribution < -0.4 is 11.1 Å². The van der Waals surface area contributed by atoms with Gasteiger partial charge in [0, 0.05) is 38.8 Å². The Balaban J connectivity index is 2.15. The number of rotatable bonds is 4. The van der Waals surface area contributed by atoms with Crippen molar-refractivity contribution in [3.63, 3.8) is 0 Å². The number of carbonyl (C=O) groups is 3. The molecule has 8 heteroatoms. The van der Waals surface area contributed by atoms with Crippen LogP contribution in [0.1, 0.15) is 36.0 Å². The number of halogens is 1. The van der Waals surface area contributed by atoms with Crippen LogP contribution in [0.5, 0.6) is 0 Å². The molecule has 0 bridgehead atoms. The Labute approximate surface area is 152 Å². The van der Waals surface area contributed by atoms with Gasteiger partial charge >= 0.3 is 6.03 Å². The fraction of sp³-hybridized carbons (Fsp3) is 0.471. The number of primary amides is 1. The number of piperidine rings is 1. The van der Waals surface area contributed by atoms with E-state index in [-0.39, 0.29) is 24.4 Å². The van der Waals surface area contributed by atoms with E-state index in [1.165, 1.54) is 4.90 Å². The summed E-state index contributed by atoms with van der Waals surface area (Å²) in [5.41, 5.74) is 6.07. The van der Waals surface area contributed by atoms with Crippen molar-refractivity contribution in [1.82, 2.24) is 9.80 Å². The van der Waals surface area contributed by atoms with E-state index >= 15 is 0 Å². The van der Waals surface area contributed by atoms with Gasteiger partial charge in [-0.3, -0.25) is 9.59 Å². The van der Waals surface area contributed by atoms with Crippen molar-refractivity contribution in [2.24, 2.45) is 5.73 Å². The number of hydrogen-bond donors (Lipinski definition) is 2. The lowest BCUT2D eigenvalue weighted by atomic mass is 9.99. The minimum Gasteiger partial charge on any atom is -0.370 e. The number of anilines is 1. The van der Waals surface area contributed by atoms with Crippen LogP contribution in [0.4, 0.5) is 10.5 Å². The molecule has 0 saturated carbocycles. The first kappa shape index (κ1) is 19.1. The minimum atomic E-state index is -0.421. The summed E-state index contributed by atoms with van der Waals surface area (Å²) in [4.78, 5) is 39.0. The van der Waals surface area contributed by atoms with Gasteiger partial charge in [0.15, 0.2) is 0 Å². The maximum absolute atomic E-state index is 12.6. The number of carbonyl (C=O) groups excluding carboxylic acids is 3. The highest BCUT2D eigenvalue weighted by Gasteiger charge is 2.28. The number of nitrogens with one attached hydrogen (secondary N) is 1. The third kappa shape index (κ3) is 4.85. The van der Waals surface area contributed by atoms with Gasteiger partial charge in [0.05, 0.1) is 10.6 Å². The van der Waals surface area contributed by atoms with Gasteiger partial charge in [0.2, 0.25) is 5.91 Å². The van der Waals surface area contributed by atoms with Gasteiger partial charge in [0.1, 0.15) is 0 Å². The number of amides is 4. The predicted molar refractivity (Wildman–Crippen MR) is 96.6 cm³/mol. The molecule has 1 heterocycles. The molecule has 1 aliphatic rings. The fourth-order valence-electron chi connectivity index (χ4n) is 2.92. The zero-order chi connectivity index (χ0) is 18.6. The molecule has 1 aromatic rings. The lowest BCUT2D eigenvalue weighted by Gasteiger charge is -2.35. The Morgan fingerprint density at radius 2 is 2.04 bits per heavy atom. The monoisotopic (exact) mass is 366 g/mol. The highest BCUT2D eigenvalue weighted by Crippen LogP contribution is 2.24. The molecule has 4 amide bonds. The van der Waals surface area contributed by atoms with Crippen LogP contribution in [0, 0.1) is 0 Å². The van der Waals surface area contributed by atoms with Crippen molar-refractivity contribution in [2.45, 2.75) is 31.7 Å². The van der Waals surface area contributed by atoms with Crippen molar-refractivity contribution in [2.75, 3.05) is 26.0 Å². The summed E-state index contributed by atoms with van der Waals surface area (Å²) < 4.78 is 0. The third-order valence-corrected chi connectivity index (χ3v) is 4.51. The van der Waals surface area contributed by atoms with Gasteiger partial charge in [-0.15, -0.1) is 0 Å². The van der Waals surface area contributed by atoms with E-state index in [0.29, 0.717) is 22.8 Å². The lowest BCUT2D eigenvalue weighted by molar-refractivity contribution is -0.119. The second-order valence-corrected chi connectivity index (χ2v) is 6.74. The second-order valence-electron chi connectivity index (χ2n) is 6.34. The van der Waals surface area contributed by atoms with Crippen LogP contribution in [-0.4, -0.2) is 54.3 Å². The SMILES string of the molecule is CN(C)C(=O)c1cc(NC(=O)N2CCCCC2CC(N)=O)ccc1Cl. The van der Waals surface area contributed by atoms with Gasteiger partial charge in [-0.1, -0.05) is 11.6 Å². The predicted octanol–water partition coefficient (Wildman–Crippen LogP) is 2.30. The summed E-state index contributed by atoms with van der Waals surface area (Å²) in [7, 11) is 3.26. The van der Waals surface area contributed by atoms with Crippen LogP contribution in [-0.2, 0) is 4.79 Å². The van der Waals surface area contributed by atoms with E-state index in [2.05, 4.69) is 5.32 Å². The van der Waals surface area contributed by atoms with Crippen LogP contribution in [0.25, 0.3) is 0 Å². The molecule has 2 rings (SSSR count). The largest absolute Gasteiger partial charge is 0.370 e. The molecule has 1 unspecified atom stereocenters. The summed E-state index contributed by atoms with van der Waals surface area (Å²) in [6, 6.07) is 4.26. The van der Waals surface area contributed by atoms with Crippen LogP contribution in [0.15, 0.2) is 18.2 Å². The van der Waals surface area contributed by atoms with Crippen molar-refractivity contribution in [3.8, 4) is 0 Å². The zero-order valence-electron chi connectivity index (χ0n) is 14.4. The van der Waals surface area contributed by atoms with E-state index in [4.69, 9.17) is 17.3 Å². The Bertz CT molecular complexity index is 678. The molecule has 0 aromatic heterocycles. The molecule has 7 nitrogen and oxygen atoms in total. The number of hydrogen-bond acceptors (Lipinski definition) is 3. The zero-order valence-corrected chi connectivity index (χ0v) is 15.2. The van der Waals surface area contributed by atoms with Gasteiger partial charge in [-0.2, -0.15) is 0 Å². The summed E-state index contributed by atoms with van der Waals surface area (Å²) in [6.07, 6.45) is 2.75. The van der Waals surface area contributed by atoms with Crippen LogP contribution in [0.2, 0.25) is 5.02 Å². The summed E-state index contributed by atoms with van der Waals surface area (Å²) in [5.74, 6) is -0.666. The third-order valence-electron chi connectivity index (χ3n) is 4.18. The highest BCUT2D eigenvalue weighted by atomic mass is 35.5. The molecule has 1 aromatic carbocycles. The number of nitrogens with zero attached hydrogens (tertiary/aromatic N) is 2. The Morgan fingerprint density at radius 3 is 2.68 bits per heavy atom. The molecule has 1 fully saturated rings. The first-order valence-electron chi connectivity index (χ1n) is 8.16. The smallest absolute Gasteiger partial charge is 0.322 e. The molecule has 0 aliphatic carbocycles. The maximum Gasteiger partial charge on any atom is 0.322 e. The van der Waals surface area contributed by atoms with Crippen LogP contribution >= 0.6 is 11.6 Å². The molecule has 1 saturated heterocycles. The topological polar surface area (TPSA) is 95.7 Å². The second kappa shape index (κ2) is 8.20. The first-order valence-corrected chi connectivity index (χ1v) is 8.54. The van der Waals surface area contributed by atoms with Crippen molar-refractivity contribution in [1.29, 1.82) is 0 Å². The Kier molecular flexibility index (Phi) is 6.25. The normalized spacial score (nSPS) is 17.1. The quantitative estimate of drug-likeness (QED) is 0.855. The van der Waals surface area contributed by atoms with E-state index in [1.807, 2.05) is 0 Å². The van der Waals surface area contributed by atoms with Crippen molar-refractivity contribution >= 4 is 35.1 Å². The fourth-order valence-corrected chi connectivity index (χ4v) is 3.11. The standard InChI is InChI=1S/C17H23ClN4O3/c1-21(2)16(24)13-9-11(6-7-14(13)18)20-17(25)22-8-4-3-5-12(22)10-15(19)23/h6-7,9,12H,3-5,8,10H2,1-2H3,(H2,19,23)(H,20,25).